The third kappa shape index (κ3) is 4.38. The summed E-state index contributed by atoms with van der Waals surface area (Å²) in [5.41, 5.74) is 0.963. The monoisotopic (exact) mass is 434 g/mol. The molecule has 0 aliphatic carbocycles. The Morgan fingerprint density at radius 3 is 2.79 bits per heavy atom. The van der Waals surface area contributed by atoms with Gasteiger partial charge in [-0.3, -0.25) is 14.2 Å². The molecule has 0 aliphatic heterocycles. The van der Waals surface area contributed by atoms with Gasteiger partial charge in [0.2, 0.25) is 5.91 Å². The molecule has 0 bridgehead atoms. The lowest BCUT2D eigenvalue weighted by Crippen LogP contribution is -2.24. The number of halogens is 2. The topological polar surface area (TPSA) is 76.9 Å². The van der Waals surface area contributed by atoms with Gasteiger partial charge >= 0.3 is 0 Å². The molecule has 0 saturated carbocycles. The highest BCUT2D eigenvalue weighted by atomic mass is 35.5. The van der Waals surface area contributed by atoms with Crippen molar-refractivity contribution in [2.45, 2.75) is 18.6 Å². The molecule has 3 rings (SSSR count). The number of anilines is 1. The van der Waals surface area contributed by atoms with Crippen molar-refractivity contribution in [3.05, 3.63) is 69.1 Å². The van der Waals surface area contributed by atoms with E-state index in [1.54, 1.807) is 31.2 Å². The summed E-state index contributed by atoms with van der Waals surface area (Å²) in [6.07, 6.45) is 1.61. The summed E-state index contributed by atoms with van der Waals surface area (Å²) in [6.45, 7) is 5.70. The highest BCUT2D eigenvalue weighted by molar-refractivity contribution is 7.99. The van der Waals surface area contributed by atoms with Gasteiger partial charge in [-0.1, -0.05) is 53.2 Å². The first-order valence-corrected chi connectivity index (χ1v) is 10.0. The van der Waals surface area contributed by atoms with Gasteiger partial charge in [0.25, 0.3) is 5.56 Å². The SMILES string of the molecule is C=CCn1c(SCC(=O)Nc2nc(C)c(Cl)cc2Cl)nc2ccccc2c1=O. The van der Waals surface area contributed by atoms with Gasteiger partial charge in [0.1, 0.15) is 0 Å². The van der Waals surface area contributed by atoms with Crippen LogP contribution in [0.3, 0.4) is 0 Å². The Kier molecular flexibility index (Phi) is 6.39. The maximum Gasteiger partial charge on any atom is 0.262 e. The van der Waals surface area contributed by atoms with E-state index in [1.807, 2.05) is 6.07 Å². The van der Waals surface area contributed by atoms with Gasteiger partial charge in [-0.2, -0.15) is 0 Å². The second-order valence-electron chi connectivity index (χ2n) is 5.84. The van der Waals surface area contributed by atoms with Crippen LogP contribution in [0.4, 0.5) is 5.82 Å². The Hall–Kier alpha value is -2.35. The van der Waals surface area contributed by atoms with E-state index in [0.29, 0.717) is 33.3 Å². The number of rotatable bonds is 6. The molecule has 1 amide bonds. The number of fused-ring (bicyclic) bond motifs is 1. The smallest absolute Gasteiger partial charge is 0.262 e. The molecule has 0 fully saturated rings. The third-order valence-corrected chi connectivity index (χ3v) is 5.48. The van der Waals surface area contributed by atoms with E-state index in [4.69, 9.17) is 23.2 Å². The van der Waals surface area contributed by atoms with Gasteiger partial charge in [0.05, 0.1) is 32.4 Å². The molecular weight excluding hydrogens is 419 g/mol. The molecule has 0 unspecified atom stereocenters. The average molecular weight is 435 g/mol. The number of thioether (sulfide) groups is 1. The third-order valence-electron chi connectivity index (χ3n) is 3.83. The first-order valence-electron chi connectivity index (χ1n) is 8.26. The minimum Gasteiger partial charge on any atom is -0.309 e. The van der Waals surface area contributed by atoms with Crippen molar-refractivity contribution in [2.75, 3.05) is 11.1 Å². The quantitative estimate of drug-likeness (QED) is 0.355. The fourth-order valence-electron chi connectivity index (χ4n) is 2.49. The van der Waals surface area contributed by atoms with Gasteiger partial charge < -0.3 is 5.32 Å². The van der Waals surface area contributed by atoms with Crippen LogP contribution < -0.4 is 10.9 Å². The summed E-state index contributed by atoms with van der Waals surface area (Å²) in [7, 11) is 0. The molecule has 0 aliphatic rings. The van der Waals surface area contributed by atoms with Crippen LogP contribution >= 0.6 is 35.0 Å². The lowest BCUT2D eigenvalue weighted by atomic mass is 10.2. The molecule has 0 atom stereocenters. The molecule has 1 aromatic carbocycles. The molecule has 144 valence electrons. The van der Waals surface area contributed by atoms with E-state index in [-0.39, 0.29) is 28.1 Å². The average Bonchev–Trinajstić information content (AvgIpc) is 2.67. The maximum absolute atomic E-state index is 12.7. The summed E-state index contributed by atoms with van der Waals surface area (Å²) in [6, 6.07) is 8.61. The Labute approximate surface area is 175 Å². The number of aryl methyl sites for hydroxylation is 1. The van der Waals surface area contributed by atoms with Crippen LogP contribution in [0.1, 0.15) is 5.69 Å². The first kappa shape index (κ1) is 20.4. The number of nitrogens with one attached hydrogen (secondary N) is 1. The molecule has 9 heteroatoms. The molecular formula is C19H16Cl2N4O2S. The highest BCUT2D eigenvalue weighted by Crippen LogP contribution is 2.26. The number of benzene rings is 1. The van der Waals surface area contributed by atoms with Crippen molar-refractivity contribution >= 4 is 57.6 Å². The van der Waals surface area contributed by atoms with Crippen molar-refractivity contribution in [3.63, 3.8) is 0 Å². The van der Waals surface area contributed by atoms with E-state index in [2.05, 4.69) is 21.9 Å². The molecule has 0 saturated heterocycles. The minimum atomic E-state index is -0.325. The number of aromatic nitrogens is 3. The number of carbonyl (C=O) groups excluding carboxylic acids is 1. The Balaban J connectivity index is 1.82. The van der Waals surface area contributed by atoms with Crippen LogP contribution in [-0.4, -0.2) is 26.2 Å². The van der Waals surface area contributed by atoms with Crippen molar-refractivity contribution < 1.29 is 4.79 Å². The standard InChI is InChI=1S/C19H16Cl2N4O2S/c1-3-8-25-18(27)12-6-4-5-7-15(12)23-19(25)28-10-16(26)24-17-14(21)9-13(20)11(2)22-17/h3-7,9H,1,8,10H2,2H3,(H,22,24,26). The van der Waals surface area contributed by atoms with E-state index >= 15 is 0 Å². The molecule has 3 aromatic rings. The van der Waals surface area contributed by atoms with E-state index in [9.17, 15) is 9.59 Å². The number of carbonyl (C=O) groups is 1. The predicted molar refractivity (Wildman–Crippen MR) is 115 cm³/mol. The van der Waals surface area contributed by atoms with Crippen LogP contribution in [0.15, 0.2) is 52.9 Å². The number of nitrogens with zero attached hydrogens (tertiary/aromatic N) is 3. The zero-order valence-electron chi connectivity index (χ0n) is 14.9. The van der Waals surface area contributed by atoms with Gasteiger partial charge in [0.15, 0.2) is 11.0 Å². The van der Waals surface area contributed by atoms with Crippen LogP contribution in [0, 0.1) is 6.92 Å². The summed E-state index contributed by atoms with van der Waals surface area (Å²) >= 11 is 13.2. The largest absolute Gasteiger partial charge is 0.309 e. The fourth-order valence-corrected chi connectivity index (χ4v) is 3.71. The van der Waals surface area contributed by atoms with Crippen molar-refractivity contribution in [3.8, 4) is 0 Å². The van der Waals surface area contributed by atoms with Crippen LogP contribution in [0.2, 0.25) is 10.0 Å². The van der Waals surface area contributed by atoms with Gasteiger partial charge in [-0.05, 0) is 25.1 Å². The molecule has 0 radical (unpaired) electrons. The number of hydrogen-bond donors (Lipinski definition) is 1. The van der Waals surface area contributed by atoms with Gasteiger partial charge in [-0.15, -0.1) is 6.58 Å². The van der Waals surface area contributed by atoms with Crippen molar-refractivity contribution in [2.24, 2.45) is 0 Å². The molecule has 2 aromatic heterocycles. The number of pyridine rings is 1. The second-order valence-corrected chi connectivity index (χ2v) is 7.60. The number of allylic oxidation sites excluding steroid dienone is 1. The second kappa shape index (κ2) is 8.77. The zero-order valence-corrected chi connectivity index (χ0v) is 17.2. The fraction of sp³-hybridized carbons (Fsp3) is 0.158. The van der Waals surface area contributed by atoms with Crippen molar-refractivity contribution in [1.29, 1.82) is 0 Å². The lowest BCUT2D eigenvalue weighted by Gasteiger charge is -2.12. The van der Waals surface area contributed by atoms with E-state index in [0.717, 1.165) is 11.8 Å². The summed E-state index contributed by atoms with van der Waals surface area (Å²) in [5.74, 6) is -0.0560. The predicted octanol–water partition coefficient (Wildman–Crippen LogP) is 4.32. The number of para-hydroxylation sites is 1. The molecule has 2 heterocycles. The normalized spacial score (nSPS) is 10.8. The maximum atomic E-state index is 12.7. The van der Waals surface area contributed by atoms with Crippen LogP contribution in [0.5, 0.6) is 0 Å². The summed E-state index contributed by atoms with van der Waals surface area (Å²) < 4.78 is 1.49. The van der Waals surface area contributed by atoms with Gasteiger partial charge in [-0.25, -0.2) is 9.97 Å². The van der Waals surface area contributed by atoms with Crippen LogP contribution in [0.25, 0.3) is 10.9 Å². The minimum absolute atomic E-state index is 0.0294. The molecule has 0 spiro atoms. The van der Waals surface area contributed by atoms with E-state index in [1.165, 1.54) is 10.6 Å². The van der Waals surface area contributed by atoms with Crippen molar-refractivity contribution in [1.82, 2.24) is 14.5 Å². The Bertz CT molecular complexity index is 1130. The highest BCUT2D eigenvalue weighted by Gasteiger charge is 2.14. The Morgan fingerprint density at radius 1 is 1.29 bits per heavy atom. The summed E-state index contributed by atoms with van der Waals surface area (Å²) in [4.78, 5) is 33.8. The zero-order chi connectivity index (χ0) is 20.3. The van der Waals surface area contributed by atoms with E-state index < -0.39 is 0 Å². The number of hydrogen-bond acceptors (Lipinski definition) is 5. The lowest BCUT2D eigenvalue weighted by molar-refractivity contribution is -0.113. The molecule has 28 heavy (non-hydrogen) atoms. The Morgan fingerprint density at radius 2 is 2.04 bits per heavy atom. The first-order chi connectivity index (χ1) is 13.4. The molecule has 1 N–H and O–H groups in total. The summed E-state index contributed by atoms with van der Waals surface area (Å²) in [5, 5.41) is 4.28. The van der Waals surface area contributed by atoms with Gasteiger partial charge in [0, 0.05) is 6.54 Å². The molecule has 6 nitrogen and oxygen atoms in total. The van der Waals surface area contributed by atoms with Crippen LogP contribution in [-0.2, 0) is 11.3 Å². The number of amides is 1.